The Bertz CT molecular complexity index is 303. The van der Waals surface area contributed by atoms with E-state index in [1.165, 1.54) is 12.1 Å². The number of likely N-dealkylation sites (N-methyl/N-ethyl adjacent to an activating group) is 1. The summed E-state index contributed by atoms with van der Waals surface area (Å²) in [6.45, 7) is 3.58. The average Bonchev–Trinajstić information content (AvgIpc) is 2.32. The van der Waals surface area contributed by atoms with E-state index < -0.39 is 0 Å². The molecule has 4 heteroatoms. The molecule has 0 aliphatic rings. The van der Waals surface area contributed by atoms with Crippen LogP contribution in [0.5, 0.6) is 5.75 Å². The zero-order valence-electron chi connectivity index (χ0n) is 10.6. The Morgan fingerprint density at radius 1 is 1.24 bits per heavy atom. The van der Waals surface area contributed by atoms with Crippen LogP contribution >= 0.6 is 0 Å². The predicted molar refractivity (Wildman–Crippen MR) is 67.9 cm³/mol. The van der Waals surface area contributed by atoms with Crippen molar-refractivity contribution in [2.24, 2.45) is 0 Å². The zero-order valence-corrected chi connectivity index (χ0v) is 10.6. The summed E-state index contributed by atoms with van der Waals surface area (Å²) in [6, 6.07) is 6.12. The lowest BCUT2D eigenvalue weighted by molar-refractivity contribution is 0.235. The van der Waals surface area contributed by atoms with E-state index in [9.17, 15) is 4.39 Å². The van der Waals surface area contributed by atoms with Gasteiger partial charge in [0.2, 0.25) is 0 Å². The molecule has 1 rings (SSSR count). The summed E-state index contributed by atoms with van der Waals surface area (Å²) in [7, 11) is 4.03. The van der Waals surface area contributed by atoms with Gasteiger partial charge in [-0.05, 0) is 57.9 Å². The van der Waals surface area contributed by atoms with Crippen molar-refractivity contribution >= 4 is 0 Å². The van der Waals surface area contributed by atoms with Crippen molar-refractivity contribution in [1.29, 1.82) is 0 Å². The number of hydrogen-bond acceptors (Lipinski definition) is 3. The van der Waals surface area contributed by atoms with E-state index in [0.717, 1.165) is 31.8 Å². The number of nitrogens with zero attached hydrogens (tertiary/aromatic N) is 1. The molecule has 0 bridgehead atoms. The Balaban J connectivity index is 2.12. The summed E-state index contributed by atoms with van der Waals surface area (Å²) < 4.78 is 18.2. The van der Waals surface area contributed by atoms with Crippen molar-refractivity contribution in [3.8, 4) is 5.75 Å². The quantitative estimate of drug-likeness (QED) is 0.701. The second-order valence-corrected chi connectivity index (χ2v) is 4.06. The highest BCUT2D eigenvalue weighted by Gasteiger charge is 1.99. The molecule has 0 aliphatic carbocycles. The zero-order chi connectivity index (χ0) is 12.5. The Kier molecular flexibility index (Phi) is 6.58. The number of halogens is 1. The summed E-state index contributed by atoms with van der Waals surface area (Å²) in [5.41, 5.74) is 0. The Hall–Kier alpha value is -1.13. The van der Waals surface area contributed by atoms with Gasteiger partial charge in [0.05, 0.1) is 0 Å². The number of rotatable bonds is 8. The van der Waals surface area contributed by atoms with E-state index in [1.807, 2.05) is 7.05 Å². The molecule has 0 spiro atoms. The molecule has 0 atom stereocenters. The highest BCUT2D eigenvalue weighted by atomic mass is 19.1. The maximum absolute atomic E-state index is 12.6. The molecule has 0 fully saturated rings. The predicted octanol–water partition coefficient (Wildman–Crippen LogP) is 1.75. The van der Waals surface area contributed by atoms with Gasteiger partial charge in [-0.2, -0.15) is 0 Å². The Morgan fingerprint density at radius 3 is 2.59 bits per heavy atom. The van der Waals surface area contributed by atoms with E-state index in [1.54, 1.807) is 12.1 Å². The van der Waals surface area contributed by atoms with Gasteiger partial charge in [0.25, 0.3) is 0 Å². The van der Waals surface area contributed by atoms with Crippen LogP contribution in [0.15, 0.2) is 24.3 Å². The van der Waals surface area contributed by atoms with Crippen LogP contribution in [0.3, 0.4) is 0 Å². The van der Waals surface area contributed by atoms with Crippen LogP contribution in [0.1, 0.15) is 6.42 Å². The van der Waals surface area contributed by atoms with Crippen LogP contribution < -0.4 is 10.1 Å². The third-order valence-electron chi connectivity index (χ3n) is 2.52. The van der Waals surface area contributed by atoms with Gasteiger partial charge in [-0.25, -0.2) is 4.39 Å². The molecule has 1 aromatic carbocycles. The number of nitrogens with one attached hydrogen (secondary N) is 1. The minimum Gasteiger partial charge on any atom is -0.492 e. The highest BCUT2D eigenvalue weighted by molar-refractivity contribution is 5.21. The maximum atomic E-state index is 12.6. The summed E-state index contributed by atoms with van der Waals surface area (Å²) in [4.78, 5) is 2.22. The van der Waals surface area contributed by atoms with Crippen molar-refractivity contribution in [3.05, 3.63) is 30.1 Å². The monoisotopic (exact) mass is 240 g/mol. The lowest BCUT2D eigenvalue weighted by Crippen LogP contribution is -2.27. The van der Waals surface area contributed by atoms with Crippen LogP contribution in [0.2, 0.25) is 0 Å². The normalized spacial score (nSPS) is 10.8. The summed E-state index contributed by atoms with van der Waals surface area (Å²) in [5.74, 6) is 0.483. The first-order valence-corrected chi connectivity index (χ1v) is 5.94. The van der Waals surface area contributed by atoms with Gasteiger partial charge in [-0.1, -0.05) is 0 Å². The molecule has 1 N–H and O–H groups in total. The first-order valence-electron chi connectivity index (χ1n) is 5.94. The van der Waals surface area contributed by atoms with Gasteiger partial charge >= 0.3 is 0 Å². The molecule has 0 saturated carbocycles. The lowest BCUT2D eigenvalue weighted by Gasteiger charge is -2.16. The van der Waals surface area contributed by atoms with Crippen molar-refractivity contribution in [2.75, 3.05) is 40.3 Å². The van der Waals surface area contributed by atoms with Crippen LogP contribution in [-0.4, -0.2) is 45.2 Å². The standard InChI is InChI=1S/C13H21FN2O/c1-15-8-3-9-16(2)10-11-17-13-6-4-12(14)5-7-13/h4-7,15H,3,8-11H2,1-2H3. The van der Waals surface area contributed by atoms with Crippen molar-refractivity contribution < 1.29 is 9.13 Å². The summed E-state index contributed by atoms with van der Waals surface area (Å²) in [5, 5.41) is 3.12. The Morgan fingerprint density at radius 2 is 1.94 bits per heavy atom. The molecule has 0 saturated heterocycles. The molecule has 0 aromatic heterocycles. The smallest absolute Gasteiger partial charge is 0.123 e. The minimum absolute atomic E-state index is 0.235. The van der Waals surface area contributed by atoms with Gasteiger partial charge in [0.1, 0.15) is 18.2 Å². The van der Waals surface area contributed by atoms with E-state index in [2.05, 4.69) is 17.3 Å². The third kappa shape index (κ3) is 6.24. The highest BCUT2D eigenvalue weighted by Crippen LogP contribution is 2.10. The molecule has 3 nitrogen and oxygen atoms in total. The first-order chi connectivity index (χ1) is 8.22. The largest absolute Gasteiger partial charge is 0.492 e. The molecule has 0 unspecified atom stereocenters. The molecule has 0 radical (unpaired) electrons. The minimum atomic E-state index is -0.235. The van der Waals surface area contributed by atoms with E-state index in [4.69, 9.17) is 4.74 Å². The molecule has 0 heterocycles. The SMILES string of the molecule is CNCCCN(C)CCOc1ccc(F)cc1. The van der Waals surface area contributed by atoms with Crippen LogP contribution in [-0.2, 0) is 0 Å². The number of benzene rings is 1. The average molecular weight is 240 g/mol. The first kappa shape index (κ1) is 13.9. The molecule has 17 heavy (non-hydrogen) atoms. The molecular formula is C13H21FN2O. The fraction of sp³-hybridized carbons (Fsp3) is 0.538. The second kappa shape index (κ2) is 8.03. The Labute approximate surface area is 103 Å². The van der Waals surface area contributed by atoms with Crippen molar-refractivity contribution in [1.82, 2.24) is 10.2 Å². The van der Waals surface area contributed by atoms with Crippen LogP contribution in [0, 0.1) is 5.82 Å². The molecular weight excluding hydrogens is 219 g/mol. The number of hydrogen-bond donors (Lipinski definition) is 1. The summed E-state index contributed by atoms with van der Waals surface area (Å²) >= 11 is 0. The molecule has 0 amide bonds. The fourth-order valence-corrected chi connectivity index (χ4v) is 1.49. The summed E-state index contributed by atoms with van der Waals surface area (Å²) in [6.07, 6.45) is 1.13. The maximum Gasteiger partial charge on any atom is 0.123 e. The van der Waals surface area contributed by atoms with Gasteiger partial charge in [-0.3, -0.25) is 0 Å². The van der Waals surface area contributed by atoms with Crippen LogP contribution in [0.4, 0.5) is 4.39 Å². The molecule has 96 valence electrons. The topological polar surface area (TPSA) is 24.5 Å². The second-order valence-electron chi connectivity index (χ2n) is 4.06. The lowest BCUT2D eigenvalue weighted by atomic mass is 10.3. The van der Waals surface area contributed by atoms with Crippen LogP contribution in [0.25, 0.3) is 0 Å². The van der Waals surface area contributed by atoms with Gasteiger partial charge in [0, 0.05) is 6.54 Å². The fourth-order valence-electron chi connectivity index (χ4n) is 1.49. The van der Waals surface area contributed by atoms with E-state index in [-0.39, 0.29) is 5.82 Å². The van der Waals surface area contributed by atoms with Crippen molar-refractivity contribution in [2.45, 2.75) is 6.42 Å². The molecule has 1 aromatic rings. The third-order valence-corrected chi connectivity index (χ3v) is 2.52. The van der Waals surface area contributed by atoms with Crippen molar-refractivity contribution in [3.63, 3.8) is 0 Å². The van der Waals surface area contributed by atoms with E-state index in [0.29, 0.717) is 6.61 Å². The van der Waals surface area contributed by atoms with E-state index >= 15 is 0 Å². The van der Waals surface area contributed by atoms with Gasteiger partial charge in [0.15, 0.2) is 0 Å². The molecule has 0 aliphatic heterocycles. The number of ether oxygens (including phenoxy) is 1. The van der Waals surface area contributed by atoms with Gasteiger partial charge in [-0.15, -0.1) is 0 Å². The van der Waals surface area contributed by atoms with Gasteiger partial charge < -0.3 is 15.0 Å².